The van der Waals surface area contributed by atoms with Crippen LogP contribution in [-0.4, -0.2) is 54.5 Å². The Bertz CT molecular complexity index is 968. The number of alkyl carbamates (subject to hydrolysis) is 1. The number of carbonyl (C=O) groups is 3. The van der Waals surface area contributed by atoms with Gasteiger partial charge >= 0.3 is 12.1 Å². The summed E-state index contributed by atoms with van der Waals surface area (Å²) in [6, 6.07) is 14.6. The smallest absolute Gasteiger partial charge is 0.407 e. The Balaban J connectivity index is 1.58. The molecule has 8 nitrogen and oxygen atoms in total. The van der Waals surface area contributed by atoms with Crippen molar-refractivity contribution in [3.05, 3.63) is 59.7 Å². The highest BCUT2D eigenvalue weighted by Crippen LogP contribution is 2.44. The Kier molecular flexibility index (Phi) is 7.71. The molecule has 0 saturated carbocycles. The van der Waals surface area contributed by atoms with Gasteiger partial charge in [0.15, 0.2) is 0 Å². The number of fused-ring (bicyclic) bond motifs is 3. The molecule has 0 radical (unpaired) electrons. The van der Waals surface area contributed by atoms with E-state index in [4.69, 9.17) is 14.6 Å². The molecule has 0 saturated heterocycles. The van der Waals surface area contributed by atoms with Crippen LogP contribution >= 0.6 is 0 Å². The van der Waals surface area contributed by atoms with Crippen molar-refractivity contribution in [3.8, 4) is 11.1 Å². The van der Waals surface area contributed by atoms with E-state index in [0.717, 1.165) is 22.3 Å². The molecule has 0 heterocycles. The number of carboxylic acid groups (broad SMARTS) is 1. The summed E-state index contributed by atoms with van der Waals surface area (Å²) in [5, 5.41) is 14.1. The molecule has 0 fully saturated rings. The average molecular weight is 455 g/mol. The van der Waals surface area contributed by atoms with Crippen LogP contribution in [0.15, 0.2) is 48.5 Å². The number of amides is 2. The van der Waals surface area contributed by atoms with Gasteiger partial charge in [0.05, 0.1) is 18.6 Å². The Hall–Kier alpha value is -3.39. The third-order valence-corrected chi connectivity index (χ3v) is 5.27. The highest BCUT2D eigenvalue weighted by atomic mass is 16.5. The number of carbonyl (C=O) groups excluding carboxylic acids is 2. The first kappa shape index (κ1) is 24.3. The zero-order valence-electron chi connectivity index (χ0n) is 19.1. The van der Waals surface area contributed by atoms with Gasteiger partial charge < -0.3 is 25.2 Å². The fourth-order valence-electron chi connectivity index (χ4n) is 3.82. The van der Waals surface area contributed by atoms with E-state index in [1.54, 1.807) is 0 Å². The summed E-state index contributed by atoms with van der Waals surface area (Å²) in [6.07, 6.45) is -1.40. The van der Waals surface area contributed by atoms with Gasteiger partial charge in [0.25, 0.3) is 0 Å². The number of ether oxygens (including phenoxy) is 2. The Morgan fingerprint density at radius 1 is 1.00 bits per heavy atom. The molecule has 3 rings (SSSR count). The molecule has 2 aromatic rings. The van der Waals surface area contributed by atoms with Crippen LogP contribution in [0.3, 0.4) is 0 Å². The molecule has 8 heteroatoms. The van der Waals surface area contributed by atoms with Crippen LogP contribution in [-0.2, 0) is 19.1 Å². The lowest BCUT2D eigenvalue weighted by Gasteiger charge is -2.21. The zero-order chi connectivity index (χ0) is 24.0. The van der Waals surface area contributed by atoms with E-state index in [9.17, 15) is 14.4 Å². The lowest BCUT2D eigenvalue weighted by Crippen LogP contribution is -2.49. The summed E-state index contributed by atoms with van der Waals surface area (Å²) >= 11 is 0. The van der Waals surface area contributed by atoms with Gasteiger partial charge in [-0.2, -0.15) is 0 Å². The highest BCUT2D eigenvalue weighted by molar-refractivity contribution is 5.89. The van der Waals surface area contributed by atoms with Crippen molar-refractivity contribution in [2.24, 2.45) is 0 Å². The maximum absolute atomic E-state index is 12.5. The maximum atomic E-state index is 12.5. The fourth-order valence-corrected chi connectivity index (χ4v) is 3.82. The van der Waals surface area contributed by atoms with Gasteiger partial charge in [-0.25, -0.2) is 4.79 Å². The van der Waals surface area contributed by atoms with Crippen molar-refractivity contribution >= 4 is 18.0 Å². The zero-order valence-corrected chi connectivity index (χ0v) is 19.1. The minimum absolute atomic E-state index is 0.0701. The van der Waals surface area contributed by atoms with Crippen LogP contribution in [0.1, 0.15) is 44.2 Å². The van der Waals surface area contributed by atoms with E-state index in [1.807, 2.05) is 69.3 Å². The SMILES string of the molecule is CC(C)(C)OCCNC(=O)C(CC(=O)O)NC(=O)OCC1c2ccccc2-c2ccccc21. The van der Waals surface area contributed by atoms with Crippen LogP contribution in [0.4, 0.5) is 4.79 Å². The lowest BCUT2D eigenvalue weighted by atomic mass is 9.98. The molecule has 0 spiro atoms. The molecular formula is C25H30N2O6. The van der Waals surface area contributed by atoms with Gasteiger partial charge in [0, 0.05) is 12.5 Å². The van der Waals surface area contributed by atoms with Crippen LogP contribution in [0.25, 0.3) is 11.1 Å². The first-order valence-corrected chi connectivity index (χ1v) is 10.9. The number of nitrogens with one attached hydrogen (secondary N) is 2. The molecule has 1 unspecified atom stereocenters. The summed E-state index contributed by atoms with van der Waals surface area (Å²) in [5.41, 5.74) is 3.96. The topological polar surface area (TPSA) is 114 Å². The van der Waals surface area contributed by atoms with E-state index in [-0.39, 0.29) is 31.3 Å². The van der Waals surface area contributed by atoms with Crippen molar-refractivity contribution in [1.82, 2.24) is 10.6 Å². The van der Waals surface area contributed by atoms with Crippen molar-refractivity contribution in [3.63, 3.8) is 0 Å². The number of hydrogen-bond acceptors (Lipinski definition) is 5. The third-order valence-electron chi connectivity index (χ3n) is 5.27. The van der Waals surface area contributed by atoms with E-state index < -0.39 is 30.4 Å². The molecule has 0 aromatic heterocycles. The second kappa shape index (κ2) is 10.5. The van der Waals surface area contributed by atoms with Crippen molar-refractivity contribution in [1.29, 1.82) is 0 Å². The van der Waals surface area contributed by atoms with Crippen LogP contribution in [0, 0.1) is 0 Å². The van der Waals surface area contributed by atoms with Gasteiger partial charge in [0.2, 0.25) is 5.91 Å². The molecule has 2 aromatic carbocycles. The summed E-state index contributed by atoms with van der Waals surface area (Å²) in [7, 11) is 0. The molecule has 1 aliphatic carbocycles. The summed E-state index contributed by atoms with van der Waals surface area (Å²) in [6.45, 7) is 6.20. The highest BCUT2D eigenvalue weighted by Gasteiger charge is 2.30. The molecule has 1 atom stereocenters. The van der Waals surface area contributed by atoms with Crippen LogP contribution < -0.4 is 10.6 Å². The number of hydrogen-bond donors (Lipinski definition) is 3. The molecular weight excluding hydrogens is 424 g/mol. The van der Waals surface area contributed by atoms with E-state index in [2.05, 4.69) is 10.6 Å². The van der Waals surface area contributed by atoms with Gasteiger partial charge in [-0.05, 0) is 43.0 Å². The average Bonchev–Trinajstić information content (AvgIpc) is 3.07. The number of carboxylic acids is 1. The predicted molar refractivity (Wildman–Crippen MR) is 123 cm³/mol. The fraction of sp³-hybridized carbons (Fsp3) is 0.400. The molecule has 176 valence electrons. The predicted octanol–water partition coefficient (Wildman–Crippen LogP) is 3.30. The van der Waals surface area contributed by atoms with Gasteiger partial charge in [-0.3, -0.25) is 9.59 Å². The monoisotopic (exact) mass is 454 g/mol. The molecule has 3 N–H and O–H groups in total. The normalized spacial score (nSPS) is 13.5. The number of benzene rings is 2. The van der Waals surface area contributed by atoms with E-state index in [1.165, 1.54) is 0 Å². The molecule has 1 aliphatic rings. The van der Waals surface area contributed by atoms with E-state index in [0.29, 0.717) is 0 Å². The second-order valence-electron chi connectivity index (χ2n) is 8.87. The van der Waals surface area contributed by atoms with Crippen molar-refractivity contribution < 1.29 is 29.0 Å². The Morgan fingerprint density at radius 2 is 1.58 bits per heavy atom. The first-order valence-electron chi connectivity index (χ1n) is 10.9. The summed E-state index contributed by atoms with van der Waals surface area (Å²) in [5.74, 6) is -1.95. The van der Waals surface area contributed by atoms with Gasteiger partial charge in [0.1, 0.15) is 12.6 Å². The minimum Gasteiger partial charge on any atom is -0.481 e. The Labute approximate surface area is 193 Å². The number of rotatable bonds is 9. The first-order chi connectivity index (χ1) is 15.7. The van der Waals surface area contributed by atoms with E-state index >= 15 is 0 Å². The van der Waals surface area contributed by atoms with Gasteiger partial charge in [-0.1, -0.05) is 48.5 Å². The van der Waals surface area contributed by atoms with Crippen LogP contribution in [0.5, 0.6) is 0 Å². The standard InChI is InChI=1S/C25H30N2O6/c1-25(2,3)33-13-12-26-23(30)21(14-22(28)29)27-24(31)32-15-20-18-10-6-4-8-16(18)17-9-5-7-11-19(17)20/h4-11,20-21H,12-15H2,1-3H3,(H,26,30)(H,27,31)(H,28,29). The van der Waals surface area contributed by atoms with Crippen molar-refractivity contribution in [2.75, 3.05) is 19.8 Å². The Morgan fingerprint density at radius 3 is 2.12 bits per heavy atom. The van der Waals surface area contributed by atoms with Crippen molar-refractivity contribution in [2.45, 2.75) is 44.8 Å². The molecule has 0 aliphatic heterocycles. The number of aliphatic carboxylic acids is 1. The molecule has 0 bridgehead atoms. The summed E-state index contributed by atoms with van der Waals surface area (Å²) in [4.78, 5) is 36.1. The second-order valence-corrected chi connectivity index (χ2v) is 8.87. The molecule has 2 amide bonds. The largest absolute Gasteiger partial charge is 0.481 e. The van der Waals surface area contributed by atoms with Crippen LogP contribution in [0.2, 0.25) is 0 Å². The molecule has 33 heavy (non-hydrogen) atoms. The third kappa shape index (κ3) is 6.55. The quantitative estimate of drug-likeness (QED) is 0.501. The maximum Gasteiger partial charge on any atom is 0.407 e. The minimum atomic E-state index is -1.26. The van der Waals surface area contributed by atoms with Gasteiger partial charge in [-0.15, -0.1) is 0 Å². The summed E-state index contributed by atoms with van der Waals surface area (Å²) < 4.78 is 11.0. The lowest BCUT2D eigenvalue weighted by molar-refractivity contribution is -0.139.